The minimum absolute atomic E-state index is 0.228. The van der Waals surface area contributed by atoms with Crippen molar-refractivity contribution in [3.63, 3.8) is 0 Å². The fourth-order valence-electron chi connectivity index (χ4n) is 1.07. The van der Waals surface area contributed by atoms with Crippen LogP contribution in [0.2, 0.25) is 0 Å². The molecule has 0 aliphatic heterocycles. The van der Waals surface area contributed by atoms with Crippen molar-refractivity contribution < 1.29 is 23.1 Å². The standard InChI is InChI=1S/C12H25O5P/c1-4-7-10-15-12(13)18(14,16-9-6-3)17-11-8-5-2/h4-11H2,1-3H3. The van der Waals surface area contributed by atoms with Crippen molar-refractivity contribution in [3.05, 3.63) is 0 Å². The quantitative estimate of drug-likeness (QED) is 0.415. The summed E-state index contributed by atoms with van der Waals surface area (Å²) in [6.07, 6.45) is 3.96. The van der Waals surface area contributed by atoms with E-state index in [1.807, 2.05) is 20.8 Å². The molecule has 5 nitrogen and oxygen atoms in total. The SMILES string of the molecule is CCCCOC(=O)P(=O)(OCCC)OCCCC. The zero-order valence-corrected chi connectivity index (χ0v) is 12.5. The zero-order valence-electron chi connectivity index (χ0n) is 11.6. The maximum absolute atomic E-state index is 12.2. The Hall–Kier alpha value is -0.380. The van der Waals surface area contributed by atoms with Crippen molar-refractivity contribution in [2.24, 2.45) is 0 Å². The molecule has 0 radical (unpaired) electrons. The lowest BCUT2D eigenvalue weighted by atomic mass is 10.4. The van der Waals surface area contributed by atoms with Gasteiger partial charge < -0.3 is 13.8 Å². The van der Waals surface area contributed by atoms with Gasteiger partial charge in [0, 0.05) is 0 Å². The predicted molar refractivity (Wildman–Crippen MR) is 71.0 cm³/mol. The molecule has 0 saturated heterocycles. The molecule has 0 amide bonds. The van der Waals surface area contributed by atoms with Gasteiger partial charge >= 0.3 is 13.3 Å². The molecule has 108 valence electrons. The second kappa shape index (κ2) is 10.5. The Morgan fingerprint density at radius 2 is 1.44 bits per heavy atom. The van der Waals surface area contributed by atoms with Crippen LogP contribution >= 0.6 is 7.60 Å². The molecule has 0 bridgehead atoms. The molecule has 1 unspecified atom stereocenters. The first-order chi connectivity index (χ1) is 8.60. The van der Waals surface area contributed by atoms with Crippen LogP contribution in [0.5, 0.6) is 0 Å². The molecule has 0 rings (SSSR count). The van der Waals surface area contributed by atoms with Crippen LogP contribution in [0.15, 0.2) is 0 Å². The average molecular weight is 280 g/mol. The van der Waals surface area contributed by atoms with Crippen LogP contribution in [0.3, 0.4) is 0 Å². The van der Waals surface area contributed by atoms with Gasteiger partial charge in [-0.15, -0.1) is 0 Å². The van der Waals surface area contributed by atoms with Crippen molar-refractivity contribution in [2.75, 3.05) is 19.8 Å². The summed E-state index contributed by atoms with van der Waals surface area (Å²) in [5.74, 6) is 0. The molecular weight excluding hydrogens is 255 g/mol. The third kappa shape index (κ3) is 7.14. The van der Waals surface area contributed by atoms with Gasteiger partial charge in [0.15, 0.2) is 0 Å². The van der Waals surface area contributed by atoms with Gasteiger partial charge in [0.1, 0.15) is 0 Å². The van der Waals surface area contributed by atoms with E-state index >= 15 is 0 Å². The van der Waals surface area contributed by atoms with Crippen LogP contribution in [0.25, 0.3) is 0 Å². The Morgan fingerprint density at radius 1 is 0.889 bits per heavy atom. The molecule has 0 aromatic rings. The van der Waals surface area contributed by atoms with Crippen molar-refractivity contribution in [1.29, 1.82) is 0 Å². The van der Waals surface area contributed by atoms with Gasteiger partial charge in [-0.25, -0.2) is 9.36 Å². The first-order valence-electron chi connectivity index (χ1n) is 6.67. The van der Waals surface area contributed by atoms with Crippen LogP contribution in [0, 0.1) is 0 Å². The largest absolute Gasteiger partial charge is 0.457 e. The van der Waals surface area contributed by atoms with E-state index in [1.165, 1.54) is 0 Å². The van der Waals surface area contributed by atoms with Gasteiger partial charge in [-0.05, 0) is 19.3 Å². The van der Waals surface area contributed by atoms with E-state index in [4.69, 9.17) is 13.8 Å². The second-order valence-electron chi connectivity index (χ2n) is 3.99. The highest BCUT2D eigenvalue weighted by Gasteiger charge is 2.36. The molecule has 0 N–H and O–H groups in total. The Balaban J connectivity index is 4.33. The van der Waals surface area contributed by atoms with Gasteiger partial charge in [-0.3, -0.25) is 0 Å². The molecule has 0 aromatic carbocycles. The molecule has 0 heterocycles. The zero-order chi connectivity index (χ0) is 13.9. The van der Waals surface area contributed by atoms with Gasteiger partial charge in [0.25, 0.3) is 0 Å². The number of carbonyl (C=O) groups is 1. The second-order valence-corrected chi connectivity index (χ2v) is 5.86. The minimum Gasteiger partial charge on any atom is -0.457 e. The molecular formula is C12H25O5P. The number of hydrogen-bond donors (Lipinski definition) is 0. The van der Waals surface area contributed by atoms with Crippen molar-refractivity contribution in [3.8, 4) is 0 Å². The highest BCUT2D eigenvalue weighted by molar-refractivity contribution is 7.71. The summed E-state index contributed by atoms with van der Waals surface area (Å²) in [7, 11) is -3.76. The molecule has 6 heteroatoms. The summed E-state index contributed by atoms with van der Waals surface area (Å²) in [5.41, 5.74) is -0.861. The molecule has 0 aliphatic rings. The van der Waals surface area contributed by atoms with Crippen LogP contribution in [-0.4, -0.2) is 25.5 Å². The smallest absolute Gasteiger partial charge is 0.438 e. The Labute approximate surface area is 110 Å². The van der Waals surface area contributed by atoms with E-state index < -0.39 is 13.3 Å². The highest BCUT2D eigenvalue weighted by Crippen LogP contribution is 2.50. The van der Waals surface area contributed by atoms with Crippen LogP contribution < -0.4 is 0 Å². The molecule has 0 aliphatic carbocycles. The van der Waals surface area contributed by atoms with E-state index in [1.54, 1.807) is 0 Å². The van der Waals surface area contributed by atoms with Crippen molar-refractivity contribution in [2.45, 2.75) is 52.9 Å². The van der Waals surface area contributed by atoms with Gasteiger partial charge in [0.2, 0.25) is 0 Å². The molecule has 0 fully saturated rings. The van der Waals surface area contributed by atoms with E-state index in [2.05, 4.69) is 0 Å². The first-order valence-corrected chi connectivity index (χ1v) is 8.21. The van der Waals surface area contributed by atoms with Crippen LogP contribution in [-0.2, 0) is 18.3 Å². The summed E-state index contributed by atoms with van der Waals surface area (Å²) >= 11 is 0. The van der Waals surface area contributed by atoms with Crippen molar-refractivity contribution in [1.82, 2.24) is 0 Å². The summed E-state index contributed by atoms with van der Waals surface area (Å²) < 4.78 is 27.3. The maximum Gasteiger partial charge on any atom is 0.438 e. The Bertz CT molecular complexity index is 267. The van der Waals surface area contributed by atoms with E-state index in [9.17, 15) is 9.36 Å². The number of rotatable bonds is 11. The lowest BCUT2D eigenvalue weighted by Crippen LogP contribution is -2.11. The van der Waals surface area contributed by atoms with Crippen molar-refractivity contribution >= 4 is 13.3 Å². The first kappa shape index (κ1) is 17.6. The fraction of sp³-hybridized carbons (Fsp3) is 0.917. The lowest BCUT2D eigenvalue weighted by molar-refractivity contribution is 0.143. The van der Waals surface area contributed by atoms with Gasteiger partial charge in [-0.1, -0.05) is 33.6 Å². The minimum atomic E-state index is -3.76. The normalized spacial score (nSPS) is 14.2. The third-order valence-corrected chi connectivity index (χ3v) is 3.79. The fourth-order valence-corrected chi connectivity index (χ4v) is 2.39. The highest BCUT2D eigenvalue weighted by atomic mass is 31.2. The number of ether oxygens (including phenoxy) is 1. The molecule has 1 atom stereocenters. The molecule has 0 saturated carbocycles. The summed E-state index contributed by atoms with van der Waals surface area (Å²) in [4.78, 5) is 11.7. The van der Waals surface area contributed by atoms with E-state index in [-0.39, 0.29) is 19.8 Å². The van der Waals surface area contributed by atoms with Gasteiger partial charge in [0.05, 0.1) is 19.8 Å². The van der Waals surface area contributed by atoms with E-state index in [0.717, 1.165) is 25.7 Å². The molecule has 0 spiro atoms. The summed E-state index contributed by atoms with van der Waals surface area (Å²) in [6, 6.07) is 0. The maximum atomic E-state index is 12.2. The molecule has 18 heavy (non-hydrogen) atoms. The number of hydrogen-bond acceptors (Lipinski definition) is 5. The van der Waals surface area contributed by atoms with Crippen LogP contribution in [0.1, 0.15) is 52.9 Å². The lowest BCUT2D eigenvalue weighted by Gasteiger charge is -2.16. The average Bonchev–Trinajstić information content (AvgIpc) is 2.37. The van der Waals surface area contributed by atoms with E-state index in [0.29, 0.717) is 6.42 Å². The van der Waals surface area contributed by atoms with Gasteiger partial charge in [-0.2, -0.15) is 0 Å². The topological polar surface area (TPSA) is 61.8 Å². The monoisotopic (exact) mass is 280 g/mol. The summed E-state index contributed by atoms with van der Waals surface area (Å²) in [5, 5.41) is 0. The molecule has 0 aromatic heterocycles. The number of unbranched alkanes of at least 4 members (excludes halogenated alkanes) is 2. The summed E-state index contributed by atoms with van der Waals surface area (Å²) in [6.45, 7) is 6.58. The van der Waals surface area contributed by atoms with Crippen LogP contribution in [0.4, 0.5) is 4.79 Å². The Kier molecular flexibility index (Phi) is 10.3. The third-order valence-electron chi connectivity index (χ3n) is 2.17. The number of carbonyl (C=O) groups excluding carboxylic acids is 1. The Morgan fingerprint density at radius 3 is 2.00 bits per heavy atom. The predicted octanol–water partition coefficient (Wildman–Crippen LogP) is 4.36.